The Morgan fingerprint density at radius 1 is 1.16 bits per heavy atom. The predicted molar refractivity (Wildman–Crippen MR) is 138 cm³/mol. The van der Waals surface area contributed by atoms with E-state index in [4.69, 9.17) is 16.3 Å². The highest BCUT2D eigenvalue weighted by Gasteiger charge is 2.42. The first-order valence-corrected chi connectivity index (χ1v) is 12.6. The number of imide groups is 1. The first kappa shape index (κ1) is 25.2. The molecule has 8 nitrogen and oxygen atoms in total. The van der Waals surface area contributed by atoms with Gasteiger partial charge in [0, 0.05) is 43.4 Å². The molecule has 3 atom stereocenters. The lowest BCUT2D eigenvalue weighted by Crippen LogP contribution is -2.55. The summed E-state index contributed by atoms with van der Waals surface area (Å²) in [5.74, 6) is -0.411. The van der Waals surface area contributed by atoms with Crippen molar-refractivity contribution < 1.29 is 23.5 Å². The third kappa shape index (κ3) is 4.93. The van der Waals surface area contributed by atoms with Crippen molar-refractivity contribution in [1.29, 1.82) is 0 Å². The maximum Gasteiger partial charge on any atom is 0.329 e. The van der Waals surface area contributed by atoms with Crippen molar-refractivity contribution in [2.45, 2.75) is 44.4 Å². The fourth-order valence-electron chi connectivity index (χ4n) is 5.45. The van der Waals surface area contributed by atoms with Crippen LogP contribution in [0.25, 0.3) is 6.08 Å². The lowest BCUT2D eigenvalue weighted by molar-refractivity contribution is -0.131. The standard InChI is InChI=1S/C27H28ClFN4O4/c1-16-26(35)33(27(36)30-16)23-12-22(28)24(37-2)11-18(23)5-10-25(34)32-20-8-9-21(32)15-31(14-20)13-17-3-6-19(29)7-4-17/h3-7,10-12,16,20-21H,8-9,13-15H2,1-2H3,(H,30,36)/b10-5+/t16-,20+,21?/m1/s1. The van der Waals surface area contributed by atoms with E-state index in [0.717, 1.165) is 36.4 Å². The van der Waals surface area contributed by atoms with E-state index in [-0.39, 0.29) is 34.5 Å². The van der Waals surface area contributed by atoms with Crippen molar-refractivity contribution in [3.05, 3.63) is 64.4 Å². The number of carbonyl (C=O) groups excluding carboxylic acids is 3. The molecule has 3 heterocycles. The van der Waals surface area contributed by atoms with E-state index >= 15 is 0 Å². The van der Waals surface area contributed by atoms with Gasteiger partial charge in [-0.2, -0.15) is 0 Å². The molecule has 0 aromatic heterocycles. The second-order valence-corrected chi connectivity index (χ2v) is 10.1. The number of hydrogen-bond acceptors (Lipinski definition) is 5. The minimum Gasteiger partial charge on any atom is -0.495 e. The van der Waals surface area contributed by atoms with E-state index in [9.17, 15) is 18.8 Å². The van der Waals surface area contributed by atoms with Crippen LogP contribution in [0.4, 0.5) is 14.9 Å². The molecule has 0 spiro atoms. The van der Waals surface area contributed by atoms with Crippen LogP contribution in [-0.4, -0.2) is 66.0 Å². The number of fused-ring (bicyclic) bond motifs is 2. The van der Waals surface area contributed by atoms with Crippen molar-refractivity contribution >= 4 is 41.2 Å². The molecule has 1 N–H and O–H groups in total. The lowest BCUT2D eigenvalue weighted by Gasteiger charge is -2.40. The zero-order valence-corrected chi connectivity index (χ0v) is 21.4. The molecule has 3 fully saturated rings. The van der Waals surface area contributed by atoms with Crippen LogP contribution >= 0.6 is 11.6 Å². The molecule has 4 amide bonds. The van der Waals surface area contributed by atoms with Gasteiger partial charge in [0.25, 0.3) is 5.91 Å². The van der Waals surface area contributed by atoms with Crippen LogP contribution in [0.5, 0.6) is 5.75 Å². The number of urea groups is 1. The monoisotopic (exact) mass is 526 g/mol. The van der Waals surface area contributed by atoms with Crippen LogP contribution in [0.3, 0.4) is 0 Å². The number of likely N-dealkylation sites (tertiary alicyclic amines) is 1. The average Bonchev–Trinajstić information content (AvgIpc) is 3.29. The van der Waals surface area contributed by atoms with Crippen molar-refractivity contribution in [3.8, 4) is 5.75 Å². The molecule has 2 bridgehead atoms. The second kappa shape index (κ2) is 10.1. The normalized spacial score (nSPS) is 23.7. The summed E-state index contributed by atoms with van der Waals surface area (Å²) in [6.45, 7) is 3.81. The Morgan fingerprint density at radius 3 is 2.43 bits per heavy atom. The fraction of sp³-hybridized carbons (Fsp3) is 0.370. The van der Waals surface area contributed by atoms with Gasteiger partial charge in [0.2, 0.25) is 5.91 Å². The van der Waals surface area contributed by atoms with Gasteiger partial charge in [-0.05, 0) is 55.7 Å². The summed E-state index contributed by atoms with van der Waals surface area (Å²) in [7, 11) is 1.47. The Morgan fingerprint density at radius 2 is 1.84 bits per heavy atom. The number of hydrogen-bond donors (Lipinski definition) is 1. The fourth-order valence-corrected chi connectivity index (χ4v) is 5.68. The zero-order chi connectivity index (χ0) is 26.3. The second-order valence-electron chi connectivity index (χ2n) is 9.67. The van der Waals surface area contributed by atoms with E-state index < -0.39 is 18.0 Å². The molecule has 0 radical (unpaired) electrons. The van der Waals surface area contributed by atoms with Gasteiger partial charge in [0.05, 0.1) is 17.8 Å². The van der Waals surface area contributed by atoms with Gasteiger partial charge in [-0.15, -0.1) is 0 Å². The minimum atomic E-state index is -0.659. The molecule has 3 aliphatic rings. The van der Waals surface area contributed by atoms with Gasteiger partial charge in [0.1, 0.15) is 17.6 Å². The average molecular weight is 527 g/mol. The summed E-state index contributed by atoms with van der Waals surface area (Å²) in [6.07, 6.45) is 4.93. The molecule has 3 saturated heterocycles. The Hall–Kier alpha value is -3.43. The largest absolute Gasteiger partial charge is 0.495 e. The third-order valence-corrected chi connectivity index (χ3v) is 7.51. The summed E-state index contributed by atoms with van der Waals surface area (Å²) in [5.41, 5.74) is 1.79. The molecule has 37 heavy (non-hydrogen) atoms. The number of anilines is 1. The highest BCUT2D eigenvalue weighted by atomic mass is 35.5. The summed E-state index contributed by atoms with van der Waals surface area (Å²) >= 11 is 6.30. The molecule has 0 saturated carbocycles. The van der Waals surface area contributed by atoms with Crippen molar-refractivity contribution in [2.75, 3.05) is 25.1 Å². The number of nitrogens with zero attached hydrogens (tertiary/aromatic N) is 3. The molecule has 3 aliphatic heterocycles. The first-order chi connectivity index (χ1) is 17.7. The number of rotatable bonds is 6. The zero-order valence-electron chi connectivity index (χ0n) is 20.6. The molecular formula is C27H28ClFN4O4. The van der Waals surface area contributed by atoms with Crippen LogP contribution in [0, 0.1) is 5.82 Å². The van der Waals surface area contributed by atoms with Crippen molar-refractivity contribution in [3.63, 3.8) is 0 Å². The number of piperazine rings is 1. The lowest BCUT2D eigenvalue weighted by atomic mass is 10.1. The number of amides is 4. The van der Waals surface area contributed by atoms with Crippen LogP contribution in [-0.2, 0) is 16.1 Å². The van der Waals surface area contributed by atoms with E-state index in [0.29, 0.717) is 17.9 Å². The van der Waals surface area contributed by atoms with E-state index in [1.54, 1.807) is 31.2 Å². The van der Waals surface area contributed by atoms with Crippen LogP contribution in [0.15, 0.2) is 42.5 Å². The summed E-state index contributed by atoms with van der Waals surface area (Å²) in [4.78, 5) is 43.7. The Labute approximate surface area is 219 Å². The Kier molecular flexibility index (Phi) is 6.92. The molecule has 10 heteroatoms. The number of halogens is 2. The molecular weight excluding hydrogens is 499 g/mol. The molecule has 1 unspecified atom stereocenters. The van der Waals surface area contributed by atoms with Gasteiger partial charge in [0.15, 0.2) is 0 Å². The Balaban J connectivity index is 1.34. The van der Waals surface area contributed by atoms with Gasteiger partial charge in [-0.25, -0.2) is 14.1 Å². The highest BCUT2D eigenvalue weighted by molar-refractivity contribution is 6.33. The summed E-state index contributed by atoms with van der Waals surface area (Å²) < 4.78 is 18.6. The van der Waals surface area contributed by atoms with E-state index in [1.165, 1.54) is 31.4 Å². The Bertz CT molecular complexity index is 1250. The SMILES string of the molecule is COc1cc(/C=C/C(=O)N2C3CC[C@H]2CN(Cc2ccc(F)cc2)C3)c(N2C(=O)N[C@H](C)C2=O)cc1Cl. The van der Waals surface area contributed by atoms with E-state index in [1.807, 2.05) is 4.90 Å². The number of benzene rings is 2. The number of carbonyl (C=O) groups is 3. The number of ether oxygens (including phenoxy) is 1. The van der Waals surface area contributed by atoms with E-state index in [2.05, 4.69) is 10.2 Å². The minimum absolute atomic E-state index is 0.0855. The summed E-state index contributed by atoms with van der Waals surface area (Å²) in [6, 6.07) is 8.60. The third-order valence-electron chi connectivity index (χ3n) is 7.21. The maximum atomic E-state index is 13.3. The number of nitrogens with one attached hydrogen (secondary N) is 1. The smallest absolute Gasteiger partial charge is 0.329 e. The quantitative estimate of drug-likeness (QED) is 0.457. The van der Waals surface area contributed by atoms with Crippen LogP contribution < -0.4 is 15.0 Å². The van der Waals surface area contributed by atoms with Crippen LogP contribution in [0.2, 0.25) is 5.02 Å². The predicted octanol–water partition coefficient (Wildman–Crippen LogP) is 3.82. The molecule has 5 rings (SSSR count). The molecule has 194 valence electrons. The maximum absolute atomic E-state index is 13.3. The van der Waals surface area contributed by atoms with Gasteiger partial charge < -0.3 is 15.0 Å². The van der Waals surface area contributed by atoms with Gasteiger partial charge in [-0.3, -0.25) is 14.5 Å². The van der Waals surface area contributed by atoms with Crippen molar-refractivity contribution in [1.82, 2.24) is 15.1 Å². The topological polar surface area (TPSA) is 82.2 Å². The van der Waals surface area contributed by atoms with Gasteiger partial charge in [-0.1, -0.05) is 23.7 Å². The van der Waals surface area contributed by atoms with Gasteiger partial charge >= 0.3 is 6.03 Å². The molecule has 2 aromatic carbocycles. The number of methoxy groups -OCH3 is 1. The molecule has 0 aliphatic carbocycles. The first-order valence-electron chi connectivity index (χ1n) is 12.2. The molecule has 2 aromatic rings. The van der Waals surface area contributed by atoms with Crippen molar-refractivity contribution in [2.24, 2.45) is 0 Å². The van der Waals surface area contributed by atoms with Crippen LogP contribution in [0.1, 0.15) is 30.9 Å². The highest BCUT2D eigenvalue weighted by Crippen LogP contribution is 2.36. The summed E-state index contributed by atoms with van der Waals surface area (Å²) in [5, 5.41) is 2.84.